The first-order valence-corrected chi connectivity index (χ1v) is 7.81. The Morgan fingerprint density at radius 2 is 2.04 bits per heavy atom. The number of fused-ring (bicyclic) bond motifs is 1. The van der Waals surface area contributed by atoms with Crippen molar-refractivity contribution in [3.8, 4) is 11.3 Å². The molecule has 3 heterocycles. The van der Waals surface area contributed by atoms with Gasteiger partial charge in [0.25, 0.3) is 11.3 Å². The number of aromatic nitrogens is 5. The molecule has 0 radical (unpaired) electrons. The van der Waals surface area contributed by atoms with Gasteiger partial charge in [0.15, 0.2) is 5.76 Å². The molecule has 8 heteroatoms. The maximum atomic E-state index is 12.0. The second-order valence-corrected chi connectivity index (χ2v) is 5.83. The maximum absolute atomic E-state index is 12.0. The van der Waals surface area contributed by atoms with E-state index in [4.69, 9.17) is 4.52 Å². The lowest BCUT2D eigenvalue weighted by atomic mass is 10.1. The van der Waals surface area contributed by atoms with E-state index in [0.717, 1.165) is 17.0 Å². The second kappa shape index (κ2) is 6.33. The molecule has 0 unspecified atom stereocenters. The summed E-state index contributed by atoms with van der Waals surface area (Å²) in [6.45, 7) is 1.06. The molecular weight excluding hydrogens is 320 g/mol. The Hall–Kier alpha value is -3.26. The topological polar surface area (TPSA) is 92.3 Å². The number of benzene rings is 1. The van der Waals surface area contributed by atoms with Crippen molar-refractivity contribution in [2.24, 2.45) is 0 Å². The van der Waals surface area contributed by atoms with Crippen molar-refractivity contribution in [3.63, 3.8) is 0 Å². The van der Waals surface area contributed by atoms with E-state index in [-0.39, 0.29) is 5.56 Å². The molecule has 4 aromatic rings. The molecule has 1 aromatic carbocycles. The fourth-order valence-electron chi connectivity index (χ4n) is 2.68. The number of hydrogen-bond donors (Lipinski definition) is 1. The summed E-state index contributed by atoms with van der Waals surface area (Å²) >= 11 is 0. The fraction of sp³-hybridized carbons (Fsp3) is 0.176. The molecule has 0 aliphatic carbocycles. The zero-order chi connectivity index (χ0) is 17.2. The van der Waals surface area contributed by atoms with Crippen LogP contribution < -0.4 is 5.56 Å². The minimum Gasteiger partial charge on any atom is -0.359 e. The van der Waals surface area contributed by atoms with Crippen molar-refractivity contribution in [1.29, 1.82) is 0 Å². The fourth-order valence-corrected chi connectivity index (χ4v) is 2.68. The van der Waals surface area contributed by atoms with Crippen LogP contribution in [-0.4, -0.2) is 36.7 Å². The summed E-state index contributed by atoms with van der Waals surface area (Å²) in [5.74, 6) is 1.11. The van der Waals surface area contributed by atoms with E-state index in [1.54, 1.807) is 0 Å². The molecule has 0 fully saturated rings. The van der Waals surface area contributed by atoms with Crippen molar-refractivity contribution >= 4 is 5.78 Å². The molecule has 0 bridgehead atoms. The maximum Gasteiger partial charge on any atom is 0.274 e. The summed E-state index contributed by atoms with van der Waals surface area (Å²) in [7, 11) is 1.93. The number of nitrogens with one attached hydrogen (secondary N) is 1. The van der Waals surface area contributed by atoms with Crippen LogP contribution in [0.4, 0.5) is 0 Å². The van der Waals surface area contributed by atoms with Crippen LogP contribution in [0, 0.1) is 0 Å². The molecule has 3 aromatic heterocycles. The van der Waals surface area contributed by atoms with Gasteiger partial charge in [-0.15, -0.1) is 0 Å². The molecule has 0 saturated heterocycles. The van der Waals surface area contributed by atoms with Crippen molar-refractivity contribution in [3.05, 3.63) is 70.6 Å². The Bertz CT molecular complexity index is 1050. The van der Waals surface area contributed by atoms with E-state index in [2.05, 4.69) is 20.2 Å². The highest BCUT2D eigenvalue weighted by Gasteiger charge is 2.11. The van der Waals surface area contributed by atoms with Gasteiger partial charge in [0.05, 0.1) is 12.2 Å². The average Bonchev–Trinajstić information content (AvgIpc) is 3.25. The predicted octanol–water partition coefficient (Wildman–Crippen LogP) is 1.70. The lowest BCUT2D eigenvalue weighted by molar-refractivity contribution is 0.264. The summed E-state index contributed by atoms with van der Waals surface area (Å²) in [6.07, 6.45) is 1.44. The Balaban J connectivity index is 1.47. The van der Waals surface area contributed by atoms with E-state index < -0.39 is 0 Å². The number of hydrogen-bond acceptors (Lipinski definition) is 6. The molecule has 126 valence electrons. The van der Waals surface area contributed by atoms with Crippen LogP contribution in [0.1, 0.15) is 11.5 Å². The van der Waals surface area contributed by atoms with E-state index >= 15 is 0 Å². The van der Waals surface area contributed by atoms with E-state index in [1.807, 2.05) is 48.3 Å². The normalized spacial score (nSPS) is 11.4. The van der Waals surface area contributed by atoms with Crippen molar-refractivity contribution in [1.82, 2.24) is 29.6 Å². The first-order chi connectivity index (χ1) is 12.2. The van der Waals surface area contributed by atoms with E-state index in [9.17, 15) is 4.79 Å². The van der Waals surface area contributed by atoms with Crippen LogP contribution >= 0.6 is 0 Å². The minimum atomic E-state index is -0.183. The molecule has 0 aliphatic heterocycles. The van der Waals surface area contributed by atoms with Crippen molar-refractivity contribution in [2.45, 2.75) is 13.1 Å². The van der Waals surface area contributed by atoms with Crippen molar-refractivity contribution < 1.29 is 4.52 Å². The van der Waals surface area contributed by atoms with Crippen LogP contribution in [0.3, 0.4) is 0 Å². The third-order valence-electron chi connectivity index (χ3n) is 3.81. The average molecular weight is 336 g/mol. The largest absolute Gasteiger partial charge is 0.359 e. The molecule has 0 saturated carbocycles. The van der Waals surface area contributed by atoms with Crippen LogP contribution in [0.25, 0.3) is 17.0 Å². The molecule has 1 N–H and O–H groups in total. The number of rotatable bonds is 5. The highest BCUT2D eigenvalue weighted by molar-refractivity contribution is 5.58. The van der Waals surface area contributed by atoms with Gasteiger partial charge >= 0.3 is 0 Å². The monoisotopic (exact) mass is 336 g/mol. The zero-order valence-electron chi connectivity index (χ0n) is 13.6. The first-order valence-electron chi connectivity index (χ1n) is 7.81. The second-order valence-electron chi connectivity index (χ2n) is 5.83. The van der Waals surface area contributed by atoms with Crippen LogP contribution in [0.2, 0.25) is 0 Å². The summed E-state index contributed by atoms with van der Waals surface area (Å²) in [5, 5.41) is 6.83. The molecule has 25 heavy (non-hydrogen) atoms. The molecule has 0 atom stereocenters. The lowest BCUT2D eigenvalue weighted by Gasteiger charge is -2.13. The van der Waals surface area contributed by atoms with Gasteiger partial charge in [-0.05, 0) is 7.05 Å². The lowest BCUT2D eigenvalue weighted by Crippen LogP contribution is -2.21. The Morgan fingerprint density at radius 1 is 1.20 bits per heavy atom. The highest BCUT2D eigenvalue weighted by Crippen LogP contribution is 2.19. The molecule has 0 spiro atoms. The van der Waals surface area contributed by atoms with Gasteiger partial charge in [0.2, 0.25) is 0 Å². The third-order valence-corrected chi connectivity index (χ3v) is 3.81. The van der Waals surface area contributed by atoms with Gasteiger partial charge in [-0.25, -0.2) is 9.97 Å². The van der Waals surface area contributed by atoms with Gasteiger partial charge in [0, 0.05) is 24.2 Å². The summed E-state index contributed by atoms with van der Waals surface area (Å²) in [4.78, 5) is 22.3. The van der Waals surface area contributed by atoms with Crippen LogP contribution in [0.15, 0.2) is 58.1 Å². The predicted molar refractivity (Wildman–Crippen MR) is 90.7 cm³/mol. The molecule has 8 nitrogen and oxygen atoms in total. The molecule has 0 aliphatic rings. The Kier molecular flexibility index (Phi) is 3.87. The molecule has 4 rings (SSSR count). The number of H-pyrrole nitrogens is 1. The van der Waals surface area contributed by atoms with Crippen molar-refractivity contribution in [2.75, 3.05) is 7.05 Å². The third kappa shape index (κ3) is 3.20. The molecular formula is C17H16N6O2. The Morgan fingerprint density at radius 3 is 2.88 bits per heavy atom. The van der Waals surface area contributed by atoms with Gasteiger partial charge < -0.3 is 4.52 Å². The van der Waals surface area contributed by atoms with Gasteiger partial charge in [-0.1, -0.05) is 35.5 Å². The number of aromatic amines is 1. The van der Waals surface area contributed by atoms with Crippen LogP contribution in [0.5, 0.6) is 0 Å². The zero-order valence-corrected chi connectivity index (χ0v) is 13.6. The summed E-state index contributed by atoms with van der Waals surface area (Å²) in [6, 6.07) is 13.3. The standard InChI is InChI=1S/C17H16N6O2/c1-22(9-13-7-16(24)23-17(20-13)18-11-19-23)10-14-8-15(21-25-14)12-5-3-2-4-6-12/h2-8,11H,9-10H2,1H3,(H,18,19,20). The van der Waals surface area contributed by atoms with Gasteiger partial charge in [0.1, 0.15) is 12.0 Å². The summed E-state index contributed by atoms with van der Waals surface area (Å²) < 4.78 is 6.71. The SMILES string of the molecule is CN(Cc1cc(=O)n2[nH]cnc2n1)Cc1cc(-c2ccccc2)no1. The highest BCUT2D eigenvalue weighted by atomic mass is 16.5. The first kappa shape index (κ1) is 15.3. The molecule has 0 amide bonds. The van der Waals surface area contributed by atoms with E-state index in [1.165, 1.54) is 16.9 Å². The minimum absolute atomic E-state index is 0.183. The Labute approximate surface area is 142 Å². The quantitative estimate of drug-likeness (QED) is 0.596. The smallest absolute Gasteiger partial charge is 0.274 e. The van der Waals surface area contributed by atoms with E-state index in [0.29, 0.717) is 24.6 Å². The van der Waals surface area contributed by atoms with Gasteiger partial charge in [-0.3, -0.25) is 14.8 Å². The van der Waals surface area contributed by atoms with Gasteiger partial charge in [-0.2, -0.15) is 4.52 Å². The number of nitrogens with zero attached hydrogens (tertiary/aromatic N) is 5. The van der Waals surface area contributed by atoms with Crippen LogP contribution in [-0.2, 0) is 13.1 Å². The summed E-state index contributed by atoms with van der Waals surface area (Å²) in [5.41, 5.74) is 2.29.